The molecule has 52 valence electrons. The van der Waals surface area contributed by atoms with Crippen LogP contribution in [0.3, 0.4) is 0 Å². The minimum Gasteiger partial charge on any atom is -0.324 e. The Bertz CT molecular complexity index is 229. The number of aromatic nitrogens is 1. The fourth-order valence-electron chi connectivity index (χ4n) is 0.879. The van der Waals surface area contributed by atoms with Gasteiger partial charge >= 0.3 is 0 Å². The van der Waals surface area contributed by atoms with Crippen LogP contribution in [0.2, 0.25) is 0 Å². The van der Waals surface area contributed by atoms with Gasteiger partial charge in [-0.25, -0.2) is 0 Å². The molecule has 0 spiro atoms. The molecule has 0 radical (unpaired) electrons. The summed E-state index contributed by atoms with van der Waals surface area (Å²) in [6.45, 7) is 5.70. The van der Waals surface area contributed by atoms with E-state index in [1.165, 1.54) is 0 Å². The van der Waals surface area contributed by atoms with Gasteiger partial charge in [-0.15, -0.1) is 0 Å². The van der Waals surface area contributed by atoms with Gasteiger partial charge in [0.2, 0.25) is 0 Å². The zero-order valence-corrected chi connectivity index (χ0v) is 6.12. The Morgan fingerprint density at radius 3 is 2.40 bits per heavy atom. The summed E-state index contributed by atoms with van der Waals surface area (Å²) < 4.78 is 2.02. The van der Waals surface area contributed by atoms with E-state index < -0.39 is 0 Å². The van der Waals surface area contributed by atoms with Crippen molar-refractivity contribution in [1.82, 2.24) is 4.57 Å². The van der Waals surface area contributed by atoms with Crippen LogP contribution in [-0.2, 0) is 0 Å². The van der Waals surface area contributed by atoms with Crippen molar-refractivity contribution < 1.29 is 0 Å². The fraction of sp³-hybridized carbons (Fsp3) is 0.111. The number of allylic oxidation sites excluding steroid dienone is 3. The highest BCUT2D eigenvalue weighted by Crippen LogP contribution is 2.04. The molecule has 0 unspecified atom stereocenters. The molecule has 0 aromatic carbocycles. The van der Waals surface area contributed by atoms with Gasteiger partial charge in [-0.3, -0.25) is 0 Å². The number of rotatable bonds is 2. The molecule has 0 fully saturated rings. The first kappa shape index (κ1) is 6.87. The highest BCUT2D eigenvalue weighted by atomic mass is 14.9. The largest absolute Gasteiger partial charge is 0.324 e. The summed E-state index contributed by atoms with van der Waals surface area (Å²) in [7, 11) is 0. The molecule has 1 rings (SSSR count). The van der Waals surface area contributed by atoms with E-state index in [-0.39, 0.29) is 0 Å². The maximum Gasteiger partial charge on any atom is 0.0400 e. The summed E-state index contributed by atoms with van der Waals surface area (Å²) >= 11 is 0. The van der Waals surface area contributed by atoms with Gasteiger partial charge < -0.3 is 4.57 Å². The van der Waals surface area contributed by atoms with Gasteiger partial charge in [-0.1, -0.05) is 12.7 Å². The van der Waals surface area contributed by atoms with Crippen molar-refractivity contribution in [2.24, 2.45) is 0 Å². The molecule has 0 aliphatic heterocycles. The molecule has 0 aliphatic rings. The van der Waals surface area contributed by atoms with Crippen LogP contribution in [0, 0.1) is 0 Å². The van der Waals surface area contributed by atoms with Crippen molar-refractivity contribution in [2.75, 3.05) is 0 Å². The first-order valence-corrected chi connectivity index (χ1v) is 3.30. The third kappa shape index (κ3) is 1.18. The van der Waals surface area contributed by atoms with Crippen molar-refractivity contribution in [3.8, 4) is 0 Å². The summed E-state index contributed by atoms with van der Waals surface area (Å²) in [5, 5.41) is 0. The second kappa shape index (κ2) is 3.06. The Labute approximate surface area is 61.3 Å². The van der Waals surface area contributed by atoms with Crippen LogP contribution in [0.4, 0.5) is 0 Å². The smallest absolute Gasteiger partial charge is 0.0400 e. The lowest BCUT2D eigenvalue weighted by atomic mass is 10.4. The van der Waals surface area contributed by atoms with E-state index in [0.717, 1.165) is 5.70 Å². The zero-order valence-electron chi connectivity index (χ0n) is 6.12. The number of hydrogen-bond acceptors (Lipinski definition) is 0. The first-order chi connectivity index (χ1) is 4.88. The van der Waals surface area contributed by atoms with Crippen LogP contribution >= 0.6 is 0 Å². The zero-order chi connectivity index (χ0) is 7.40. The molecule has 0 saturated heterocycles. The fourth-order valence-corrected chi connectivity index (χ4v) is 0.879. The van der Waals surface area contributed by atoms with Gasteiger partial charge in [-0.2, -0.15) is 0 Å². The van der Waals surface area contributed by atoms with Crippen LogP contribution in [0.15, 0.2) is 43.3 Å². The molecule has 0 amide bonds. The van der Waals surface area contributed by atoms with Gasteiger partial charge in [0.25, 0.3) is 0 Å². The number of nitrogens with zero attached hydrogens (tertiary/aromatic N) is 1. The molecule has 0 N–H and O–H groups in total. The predicted molar refractivity (Wildman–Crippen MR) is 44.6 cm³/mol. The van der Waals surface area contributed by atoms with Crippen molar-refractivity contribution >= 4 is 5.70 Å². The minimum absolute atomic E-state index is 1.12. The lowest BCUT2D eigenvalue weighted by Gasteiger charge is -2.00. The van der Waals surface area contributed by atoms with E-state index in [1.807, 2.05) is 48.2 Å². The molecule has 0 saturated carbocycles. The van der Waals surface area contributed by atoms with E-state index in [0.29, 0.717) is 0 Å². The molecule has 1 aromatic rings. The van der Waals surface area contributed by atoms with Gasteiger partial charge in [0, 0.05) is 18.1 Å². The van der Waals surface area contributed by atoms with E-state index in [1.54, 1.807) is 0 Å². The molecular weight excluding hydrogens is 122 g/mol. The highest BCUT2D eigenvalue weighted by molar-refractivity contribution is 5.55. The van der Waals surface area contributed by atoms with Crippen molar-refractivity contribution in [3.63, 3.8) is 0 Å². The Hall–Kier alpha value is -1.24. The van der Waals surface area contributed by atoms with Crippen molar-refractivity contribution in [1.29, 1.82) is 0 Å². The summed E-state index contributed by atoms with van der Waals surface area (Å²) in [6.07, 6.45) is 7.85. The minimum atomic E-state index is 1.12. The van der Waals surface area contributed by atoms with Crippen LogP contribution < -0.4 is 0 Å². The SMILES string of the molecule is C=C/C(=C\C)n1cccc1. The van der Waals surface area contributed by atoms with Crippen LogP contribution in [0.1, 0.15) is 6.92 Å². The molecule has 0 aliphatic carbocycles. The van der Waals surface area contributed by atoms with Gasteiger partial charge in [0.1, 0.15) is 0 Å². The maximum absolute atomic E-state index is 3.70. The highest BCUT2D eigenvalue weighted by Gasteiger charge is 1.88. The standard InChI is InChI=1S/C9H11N/c1-3-9(4-2)10-7-5-6-8-10/h3-8H,1H2,2H3/b9-4+. The summed E-state index contributed by atoms with van der Waals surface area (Å²) in [6, 6.07) is 3.99. The lowest BCUT2D eigenvalue weighted by Crippen LogP contribution is -1.87. The molecule has 1 nitrogen and oxygen atoms in total. The quantitative estimate of drug-likeness (QED) is 0.546. The maximum atomic E-state index is 3.70. The molecule has 1 heterocycles. The van der Waals surface area contributed by atoms with Crippen LogP contribution in [0.25, 0.3) is 5.70 Å². The second-order valence-electron chi connectivity index (χ2n) is 2.01. The summed E-state index contributed by atoms with van der Waals surface area (Å²) in [5.74, 6) is 0. The van der Waals surface area contributed by atoms with Crippen LogP contribution in [0.5, 0.6) is 0 Å². The average Bonchev–Trinajstić information content (AvgIpc) is 2.43. The first-order valence-electron chi connectivity index (χ1n) is 3.30. The normalized spacial score (nSPS) is 11.5. The predicted octanol–water partition coefficient (Wildman–Crippen LogP) is 2.53. The molecule has 10 heavy (non-hydrogen) atoms. The third-order valence-corrected chi connectivity index (χ3v) is 1.41. The second-order valence-corrected chi connectivity index (χ2v) is 2.01. The van der Waals surface area contributed by atoms with Gasteiger partial charge in [-0.05, 0) is 25.1 Å². The van der Waals surface area contributed by atoms with Crippen LogP contribution in [-0.4, -0.2) is 4.57 Å². The summed E-state index contributed by atoms with van der Waals surface area (Å²) in [5.41, 5.74) is 1.12. The third-order valence-electron chi connectivity index (χ3n) is 1.41. The molecule has 0 atom stereocenters. The van der Waals surface area contributed by atoms with E-state index in [9.17, 15) is 0 Å². The van der Waals surface area contributed by atoms with E-state index in [4.69, 9.17) is 0 Å². The van der Waals surface area contributed by atoms with Gasteiger partial charge in [0.15, 0.2) is 0 Å². The number of hydrogen-bond donors (Lipinski definition) is 0. The Morgan fingerprint density at radius 1 is 1.40 bits per heavy atom. The van der Waals surface area contributed by atoms with Crippen molar-refractivity contribution in [2.45, 2.75) is 6.92 Å². The Kier molecular flexibility index (Phi) is 2.11. The Morgan fingerprint density at radius 2 is 2.00 bits per heavy atom. The monoisotopic (exact) mass is 133 g/mol. The molecule has 1 aromatic heterocycles. The molecular formula is C9H11N. The average molecular weight is 133 g/mol. The molecule has 1 heteroatoms. The Balaban J connectivity index is 2.95. The summed E-state index contributed by atoms with van der Waals surface area (Å²) in [4.78, 5) is 0. The molecule has 0 bridgehead atoms. The van der Waals surface area contributed by atoms with E-state index in [2.05, 4.69) is 6.58 Å². The topological polar surface area (TPSA) is 4.93 Å². The van der Waals surface area contributed by atoms with E-state index >= 15 is 0 Å². The van der Waals surface area contributed by atoms with Gasteiger partial charge in [0.05, 0.1) is 0 Å². The van der Waals surface area contributed by atoms with Crippen molar-refractivity contribution in [3.05, 3.63) is 43.3 Å². The lowest BCUT2D eigenvalue weighted by molar-refractivity contribution is 1.13.